The molecule has 0 bridgehead atoms. The summed E-state index contributed by atoms with van der Waals surface area (Å²) in [6, 6.07) is 3.55. The van der Waals surface area contributed by atoms with Crippen LogP contribution in [-0.2, 0) is 4.79 Å². The van der Waals surface area contributed by atoms with Gasteiger partial charge in [0.25, 0.3) is 0 Å². The van der Waals surface area contributed by atoms with E-state index >= 15 is 0 Å². The Morgan fingerprint density at radius 2 is 2.25 bits per heavy atom. The SMILES string of the molecule is Cc1ccc(F)cc1OCCC(N)C(N)=O. The second-order valence-electron chi connectivity index (χ2n) is 3.56. The molecule has 0 aliphatic heterocycles. The Morgan fingerprint density at radius 1 is 1.56 bits per heavy atom. The van der Waals surface area contributed by atoms with Crippen LogP contribution in [0, 0.1) is 12.7 Å². The predicted octanol–water partition coefficient (Wildman–Crippen LogP) is 0.716. The van der Waals surface area contributed by atoms with Gasteiger partial charge < -0.3 is 16.2 Å². The van der Waals surface area contributed by atoms with E-state index in [1.807, 2.05) is 6.92 Å². The average Bonchev–Trinajstić information content (AvgIpc) is 2.22. The molecule has 1 aromatic carbocycles. The molecular weight excluding hydrogens is 211 g/mol. The summed E-state index contributed by atoms with van der Waals surface area (Å²) >= 11 is 0. The standard InChI is InChI=1S/C11H15FN2O2/c1-7-2-3-8(12)6-10(7)16-5-4-9(13)11(14)15/h2-3,6,9H,4-5,13H2,1H3,(H2,14,15). The molecule has 1 aromatic rings. The van der Waals surface area contributed by atoms with Gasteiger partial charge >= 0.3 is 0 Å². The number of carbonyl (C=O) groups excluding carboxylic acids is 1. The summed E-state index contributed by atoms with van der Waals surface area (Å²) in [5.74, 6) is -0.476. The van der Waals surface area contributed by atoms with E-state index in [1.165, 1.54) is 12.1 Å². The summed E-state index contributed by atoms with van der Waals surface area (Å²) in [6.07, 6.45) is 0.311. The van der Waals surface area contributed by atoms with E-state index in [0.29, 0.717) is 12.2 Å². The number of halogens is 1. The highest BCUT2D eigenvalue weighted by Crippen LogP contribution is 2.18. The van der Waals surface area contributed by atoms with Gasteiger partial charge in [-0.15, -0.1) is 0 Å². The van der Waals surface area contributed by atoms with Crippen LogP contribution >= 0.6 is 0 Å². The summed E-state index contributed by atoms with van der Waals surface area (Å²) in [5, 5.41) is 0. The van der Waals surface area contributed by atoms with Crippen LogP contribution in [0.1, 0.15) is 12.0 Å². The fourth-order valence-electron chi connectivity index (χ4n) is 1.17. The number of amides is 1. The summed E-state index contributed by atoms with van der Waals surface area (Å²) < 4.78 is 18.2. The number of carbonyl (C=O) groups is 1. The minimum atomic E-state index is -0.728. The molecule has 5 heteroatoms. The number of hydrogen-bond acceptors (Lipinski definition) is 3. The van der Waals surface area contributed by atoms with Gasteiger partial charge in [0, 0.05) is 12.5 Å². The number of nitrogens with two attached hydrogens (primary N) is 2. The molecule has 0 spiro atoms. The molecule has 0 fully saturated rings. The van der Waals surface area contributed by atoms with Crippen molar-refractivity contribution in [2.75, 3.05) is 6.61 Å². The molecule has 1 atom stereocenters. The third-order valence-electron chi connectivity index (χ3n) is 2.20. The lowest BCUT2D eigenvalue weighted by atomic mass is 10.2. The van der Waals surface area contributed by atoms with Gasteiger partial charge in [-0.3, -0.25) is 4.79 Å². The molecular formula is C11H15FN2O2. The van der Waals surface area contributed by atoms with Crippen molar-refractivity contribution in [3.8, 4) is 5.75 Å². The van der Waals surface area contributed by atoms with Gasteiger partial charge in [-0.2, -0.15) is 0 Å². The molecule has 0 aliphatic rings. The van der Waals surface area contributed by atoms with Gasteiger partial charge in [-0.25, -0.2) is 4.39 Å². The summed E-state index contributed by atoms with van der Waals surface area (Å²) in [7, 11) is 0. The van der Waals surface area contributed by atoms with Gasteiger partial charge in [0.2, 0.25) is 5.91 Å². The fraction of sp³-hybridized carbons (Fsp3) is 0.364. The minimum absolute atomic E-state index is 0.231. The largest absolute Gasteiger partial charge is 0.493 e. The van der Waals surface area contributed by atoms with E-state index in [4.69, 9.17) is 16.2 Å². The van der Waals surface area contributed by atoms with Crippen molar-refractivity contribution in [1.29, 1.82) is 0 Å². The van der Waals surface area contributed by atoms with E-state index < -0.39 is 11.9 Å². The second kappa shape index (κ2) is 5.46. The first kappa shape index (κ1) is 12.4. The van der Waals surface area contributed by atoms with Crippen molar-refractivity contribution >= 4 is 5.91 Å². The number of rotatable bonds is 5. The number of ether oxygens (including phenoxy) is 1. The van der Waals surface area contributed by atoms with Gasteiger partial charge in [0.15, 0.2) is 0 Å². The zero-order valence-corrected chi connectivity index (χ0v) is 9.07. The predicted molar refractivity (Wildman–Crippen MR) is 58.4 cm³/mol. The Kier molecular flexibility index (Phi) is 4.25. The molecule has 1 unspecified atom stereocenters. The zero-order valence-electron chi connectivity index (χ0n) is 9.07. The van der Waals surface area contributed by atoms with E-state index in [1.54, 1.807) is 6.07 Å². The Balaban J connectivity index is 2.48. The maximum absolute atomic E-state index is 12.9. The van der Waals surface area contributed by atoms with E-state index in [-0.39, 0.29) is 12.4 Å². The Morgan fingerprint density at radius 3 is 2.88 bits per heavy atom. The zero-order chi connectivity index (χ0) is 12.1. The van der Waals surface area contributed by atoms with Crippen LogP contribution in [0.15, 0.2) is 18.2 Å². The Bertz CT molecular complexity index is 382. The Hall–Kier alpha value is -1.62. The van der Waals surface area contributed by atoms with Crippen molar-refractivity contribution in [3.05, 3.63) is 29.6 Å². The maximum atomic E-state index is 12.9. The molecule has 0 radical (unpaired) electrons. The molecule has 4 N–H and O–H groups in total. The first-order valence-corrected chi connectivity index (χ1v) is 4.94. The van der Waals surface area contributed by atoms with Crippen LogP contribution < -0.4 is 16.2 Å². The van der Waals surface area contributed by atoms with Crippen LogP contribution in [0.25, 0.3) is 0 Å². The first-order chi connectivity index (χ1) is 7.50. The number of benzene rings is 1. The number of hydrogen-bond donors (Lipinski definition) is 2. The molecule has 1 rings (SSSR count). The molecule has 0 saturated carbocycles. The van der Waals surface area contributed by atoms with Crippen molar-refractivity contribution < 1.29 is 13.9 Å². The van der Waals surface area contributed by atoms with Crippen LogP contribution in [0.5, 0.6) is 5.75 Å². The molecule has 4 nitrogen and oxygen atoms in total. The number of primary amides is 1. The maximum Gasteiger partial charge on any atom is 0.234 e. The highest BCUT2D eigenvalue weighted by Gasteiger charge is 2.09. The third kappa shape index (κ3) is 3.51. The van der Waals surface area contributed by atoms with Gasteiger partial charge in [-0.05, 0) is 18.6 Å². The topological polar surface area (TPSA) is 78.3 Å². The first-order valence-electron chi connectivity index (χ1n) is 4.94. The Labute approximate surface area is 93.4 Å². The van der Waals surface area contributed by atoms with E-state index in [0.717, 1.165) is 5.56 Å². The lowest BCUT2D eigenvalue weighted by Gasteiger charge is -2.11. The molecule has 1 amide bonds. The van der Waals surface area contributed by atoms with Crippen LogP contribution in [0.2, 0.25) is 0 Å². The van der Waals surface area contributed by atoms with Crippen LogP contribution in [-0.4, -0.2) is 18.6 Å². The second-order valence-corrected chi connectivity index (χ2v) is 3.56. The van der Waals surface area contributed by atoms with Crippen molar-refractivity contribution in [2.24, 2.45) is 11.5 Å². The summed E-state index contributed by atoms with van der Waals surface area (Å²) in [4.78, 5) is 10.6. The molecule has 0 saturated heterocycles. The molecule has 16 heavy (non-hydrogen) atoms. The van der Waals surface area contributed by atoms with Crippen LogP contribution in [0.3, 0.4) is 0 Å². The van der Waals surface area contributed by atoms with Crippen molar-refractivity contribution in [1.82, 2.24) is 0 Å². The van der Waals surface area contributed by atoms with Gasteiger partial charge in [-0.1, -0.05) is 6.07 Å². The molecule has 0 aromatic heterocycles. The van der Waals surface area contributed by atoms with Gasteiger partial charge in [0.05, 0.1) is 12.6 Å². The minimum Gasteiger partial charge on any atom is -0.493 e. The lowest BCUT2D eigenvalue weighted by Crippen LogP contribution is -2.37. The summed E-state index contributed by atoms with van der Waals surface area (Å²) in [5.41, 5.74) is 11.2. The fourth-order valence-corrected chi connectivity index (χ4v) is 1.17. The quantitative estimate of drug-likeness (QED) is 0.776. The normalized spacial score (nSPS) is 12.2. The van der Waals surface area contributed by atoms with Crippen molar-refractivity contribution in [2.45, 2.75) is 19.4 Å². The average molecular weight is 226 g/mol. The number of aryl methyl sites for hydroxylation is 1. The van der Waals surface area contributed by atoms with Crippen molar-refractivity contribution in [3.63, 3.8) is 0 Å². The monoisotopic (exact) mass is 226 g/mol. The smallest absolute Gasteiger partial charge is 0.234 e. The van der Waals surface area contributed by atoms with E-state index in [2.05, 4.69) is 0 Å². The highest BCUT2D eigenvalue weighted by molar-refractivity contribution is 5.79. The third-order valence-corrected chi connectivity index (χ3v) is 2.20. The molecule has 88 valence electrons. The van der Waals surface area contributed by atoms with Gasteiger partial charge in [0.1, 0.15) is 11.6 Å². The summed E-state index contributed by atoms with van der Waals surface area (Å²) in [6.45, 7) is 2.04. The van der Waals surface area contributed by atoms with Crippen LogP contribution in [0.4, 0.5) is 4.39 Å². The lowest BCUT2D eigenvalue weighted by molar-refractivity contribution is -0.119. The highest BCUT2D eigenvalue weighted by atomic mass is 19.1. The van der Waals surface area contributed by atoms with E-state index in [9.17, 15) is 9.18 Å². The molecule has 0 aliphatic carbocycles. The molecule has 0 heterocycles.